The highest BCUT2D eigenvalue weighted by Gasteiger charge is 2.00. The number of hydrogen-bond donors (Lipinski definition) is 1. The summed E-state index contributed by atoms with van der Waals surface area (Å²) < 4.78 is 4.60. The van der Waals surface area contributed by atoms with Crippen molar-refractivity contribution in [3.8, 4) is 0 Å². The number of aromatic nitrogens is 2. The molecule has 0 spiro atoms. The molecule has 0 atom stereocenters. The molecule has 0 amide bonds. The van der Waals surface area contributed by atoms with Crippen LogP contribution in [-0.4, -0.2) is 41.4 Å². The molecule has 1 aromatic rings. The molecule has 1 aromatic heterocycles. The van der Waals surface area contributed by atoms with Crippen molar-refractivity contribution in [2.24, 2.45) is 5.73 Å². The second-order valence-electron chi connectivity index (χ2n) is 3.66. The van der Waals surface area contributed by atoms with Crippen LogP contribution in [0.5, 0.6) is 0 Å². The molecular formula is C12H20N4O. The Bertz CT molecular complexity index is 328. The van der Waals surface area contributed by atoms with Gasteiger partial charge in [-0.25, -0.2) is 4.63 Å². The van der Waals surface area contributed by atoms with Crippen molar-refractivity contribution in [1.82, 2.24) is 15.2 Å². The van der Waals surface area contributed by atoms with Crippen LogP contribution in [0, 0.1) is 0 Å². The maximum atomic E-state index is 5.55. The summed E-state index contributed by atoms with van der Waals surface area (Å²) in [6.45, 7) is 5.80. The molecule has 5 heteroatoms. The lowest BCUT2D eigenvalue weighted by molar-refractivity contribution is 0.287. The van der Waals surface area contributed by atoms with Crippen LogP contribution in [0.2, 0.25) is 0 Å². The minimum atomic E-state index is 0.699. The van der Waals surface area contributed by atoms with Gasteiger partial charge in [-0.1, -0.05) is 23.3 Å². The quantitative estimate of drug-likeness (QED) is 0.798. The van der Waals surface area contributed by atoms with Crippen molar-refractivity contribution in [2.75, 3.05) is 26.2 Å². The van der Waals surface area contributed by atoms with E-state index in [9.17, 15) is 0 Å². The van der Waals surface area contributed by atoms with E-state index in [0.29, 0.717) is 6.54 Å². The van der Waals surface area contributed by atoms with Gasteiger partial charge < -0.3 is 10.6 Å². The summed E-state index contributed by atoms with van der Waals surface area (Å²) in [5, 5.41) is 7.25. The molecule has 1 heterocycles. The van der Waals surface area contributed by atoms with Crippen molar-refractivity contribution in [2.45, 2.75) is 13.3 Å². The molecule has 17 heavy (non-hydrogen) atoms. The fraction of sp³-hybridized carbons (Fsp3) is 0.500. The van der Waals surface area contributed by atoms with Crippen LogP contribution >= 0.6 is 0 Å². The highest BCUT2D eigenvalue weighted by Crippen LogP contribution is 1.98. The van der Waals surface area contributed by atoms with Gasteiger partial charge in [-0.15, -0.1) is 0 Å². The van der Waals surface area contributed by atoms with Crippen molar-refractivity contribution in [3.05, 3.63) is 36.2 Å². The highest BCUT2D eigenvalue weighted by atomic mass is 16.6. The fourth-order valence-corrected chi connectivity index (χ4v) is 1.53. The lowest BCUT2D eigenvalue weighted by atomic mass is 10.2. The molecular weight excluding hydrogens is 216 g/mol. The Labute approximate surface area is 102 Å². The van der Waals surface area contributed by atoms with Crippen LogP contribution in [0.25, 0.3) is 0 Å². The van der Waals surface area contributed by atoms with E-state index in [-0.39, 0.29) is 0 Å². The lowest BCUT2D eigenvalue weighted by Crippen LogP contribution is -2.31. The summed E-state index contributed by atoms with van der Waals surface area (Å²) in [5.74, 6) is 0. The number of nitrogens with two attached hydrogens (primary N) is 1. The van der Waals surface area contributed by atoms with Crippen LogP contribution in [0.1, 0.15) is 12.5 Å². The van der Waals surface area contributed by atoms with E-state index in [2.05, 4.69) is 26.8 Å². The topological polar surface area (TPSA) is 68.2 Å². The van der Waals surface area contributed by atoms with Gasteiger partial charge in [0.05, 0.1) is 12.4 Å². The Morgan fingerprint density at radius 3 is 2.82 bits per heavy atom. The minimum Gasteiger partial charge on any atom is -0.329 e. The van der Waals surface area contributed by atoms with Crippen LogP contribution in [0.3, 0.4) is 0 Å². The molecule has 1 rings (SSSR count). The van der Waals surface area contributed by atoms with Crippen molar-refractivity contribution in [1.29, 1.82) is 0 Å². The SMILES string of the molecule is CCN(CCN)CCc1cccnoncc1. The smallest absolute Gasteiger partial charge is 0.0698 e. The summed E-state index contributed by atoms with van der Waals surface area (Å²) in [6, 6.07) is 5.79. The normalized spacial score (nSPS) is 10.3. The molecule has 0 unspecified atom stereocenters. The minimum absolute atomic E-state index is 0.699. The van der Waals surface area contributed by atoms with Gasteiger partial charge in [-0.2, -0.15) is 0 Å². The first kappa shape index (κ1) is 13.6. The molecule has 0 aliphatic carbocycles. The predicted octanol–water partition coefficient (Wildman–Crippen LogP) is 1.02. The number of hydrogen-bond acceptors (Lipinski definition) is 5. The molecule has 0 aliphatic heterocycles. The van der Waals surface area contributed by atoms with E-state index in [4.69, 9.17) is 5.73 Å². The zero-order valence-corrected chi connectivity index (χ0v) is 10.2. The van der Waals surface area contributed by atoms with Crippen molar-refractivity contribution in [3.63, 3.8) is 0 Å². The maximum Gasteiger partial charge on any atom is 0.0698 e. The van der Waals surface area contributed by atoms with E-state index in [0.717, 1.165) is 26.1 Å². The van der Waals surface area contributed by atoms with Crippen molar-refractivity contribution < 1.29 is 4.63 Å². The summed E-state index contributed by atoms with van der Waals surface area (Å²) in [7, 11) is 0. The zero-order chi connectivity index (χ0) is 12.3. The Morgan fingerprint density at radius 1 is 1.24 bits per heavy atom. The van der Waals surface area contributed by atoms with Crippen molar-refractivity contribution >= 4 is 0 Å². The van der Waals surface area contributed by atoms with E-state index in [1.54, 1.807) is 12.4 Å². The monoisotopic (exact) mass is 236 g/mol. The van der Waals surface area contributed by atoms with Gasteiger partial charge in [0.2, 0.25) is 0 Å². The van der Waals surface area contributed by atoms with Gasteiger partial charge in [0, 0.05) is 19.6 Å². The van der Waals surface area contributed by atoms with Gasteiger partial charge >= 0.3 is 0 Å². The van der Waals surface area contributed by atoms with E-state index >= 15 is 0 Å². The summed E-state index contributed by atoms with van der Waals surface area (Å²) in [6.07, 6.45) is 4.15. The average molecular weight is 236 g/mol. The number of likely N-dealkylation sites (N-methyl/N-ethyl adjacent to an activating group) is 1. The lowest BCUT2D eigenvalue weighted by Gasteiger charge is -2.18. The zero-order valence-electron chi connectivity index (χ0n) is 10.2. The van der Waals surface area contributed by atoms with E-state index < -0.39 is 0 Å². The standard InChI is InChI=1S/C12H20N4O/c1-2-16(11-7-13)10-6-12-4-3-8-14-17-15-9-5-12/h3-5,8-9H,2,6-7,10-11,13H2,1H3. The summed E-state index contributed by atoms with van der Waals surface area (Å²) in [5.41, 5.74) is 6.75. The molecule has 5 nitrogen and oxygen atoms in total. The van der Waals surface area contributed by atoms with Crippen LogP contribution in [-0.2, 0) is 6.42 Å². The largest absolute Gasteiger partial charge is 0.329 e. The second kappa shape index (κ2) is 8.66. The molecule has 0 bridgehead atoms. The third-order valence-electron chi connectivity index (χ3n) is 2.51. The summed E-state index contributed by atoms with van der Waals surface area (Å²) in [4.78, 5) is 2.32. The molecule has 0 saturated heterocycles. The highest BCUT2D eigenvalue weighted by molar-refractivity contribution is 5.08. The van der Waals surface area contributed by atoms with E-state index in [1.165, 1.54) is 5.56 Å². The molecule has 0 radical (unpaired) electrons. The third kappa shape index (κ3) is 5.99. The molecule has 0 fully saturated rings. The fourth-order valence-electron chi connectivity index (χ4n) is 1.53. The van der Waals surface area contributed by atoms with Gasteiger partial charge in [-0.05, 0) is 30.7 Å². The third-order valence-corrected chi connectivity index (χ3v) is 2.51. The van der Waals surface area contributed by atoms with Gasteiger partial charge in [0.15, 0.2) is 0 Å². The van der Waals surface area contributed by atoms with Gasteiger partial charge in [-0.3, -0.25) is 0 Å². The van der Waals surface area contributed by atoms with Crippen LogP contribution < -0.4 is 5.73 Å². The Kier molecular flexibility index (Phi) is 6.93. The van der Waals surface area contributed by atoms with Crippen LogP contribution in [0.15, 0.2) is 35.2 Å². The Morgan fingerprint density at radius 2 is 2.06 bits per heavy atom. The first-order chi connectivity index (χ1) is 8.36. The first-order valence-electron chi connectivity index (χ1n) is 5.88. The van der Waals surface area contributed by atoms with Crippen LogP contribution in [0.4, 0.5) is 0 Å². The molecule has 0 saturated carbocycles. The predicted molar refractivity (Wildman–Crippen MR) is 66.8 cm³/mol. The first-order valence-corrected chi connectivity index (χ1v) is 5.88. The molecule has 0 aliphatic rings. The molecule has 94 valence electrons. The molecule has 0 aromatic carbocycles. The molecule has 2 N–H and O–H groups in total. The number of rotatable bonds is 6. The van der Waals surface area contributed by atoms with E-state index in [1.807, 2.05) is 18.2 Å². The summed E-state index contributed by atoms with van der Waals surface area (Å²) >= 11 is 0. The average Bonchev–Trinajstić information content (AvgIpc) is 2.48. The maximum absolute atomic E-state index is 5.55. The second-order valence-corrected chi connectivity index (χ2v) is 3.66. The number of nitrogens with zero attached hydrogens (tertiary/aromatic N) is 3. The Balaban J connectivity index is 2.59. The Hall–Kier alpha value is -1.46. The van der Waals surface area contributed by atoms with Gasteiger partial charge in [0.25, 0.3) is 0 Å². The van der Waals surface area contributed by atoms with Gasteiger partial charge in [0.1, 0.15) is 0 Å².